The molecule has 2 aliphatic carbocycles. The first-order valence-electron chi connectivity index (χ1n) is 9.82. The van der Waals surface area contributed by atoms with E-state index >= 15 is 0 Å². The van der Waals surface area contributed by atoms with Crippen LogP contribution in [0.25, 0.3) is 0 Å². The molecule has 6 heteroatoms. The number of H-pyrrole nitrogens is 1. The Labute approximate surface area is 149 Å². The Morgan fingerprint density at radius 3 is 2.72 bits per heavy atom. The maximum Gasteiger partial charge on any atom is 0.228 e. The molecule has 3 N–H and O–H groups in total. The van der Waals surface area contributed by atoms with Gasteiger partial charge in [0.25, 0.3) is 0 Å². The summed E-state index contributed by atoms with van der Waals surface area (Å²) >= 11 is 0. The normalized spacial score (nSPS) is 32.7. The average Bonchev–Trinajstić information content (AvgIpc) is 3.00. The fraction of sp³-hybridized carbons (Fsp3) is 0.789. The van der Waals surface area contributed by atoms with Gasteiger partial charge in [0.1, 0.15) is 5.82 Å². The first-order chi connectivity index (χ1) is 12.0. The molecule has 6 nitrogen and oxygen atoms in total. The highest BCUT2D eigenvalue weighted by atomic mass is 16.3. The Morgan fingerprint density at radius 2 is 2.08 bits per heavy atom. The first-order valence-corrected chi connectivity index (χ1v) is 9.82. The summed E-state index contributed by atoms with van der Waals surface area (Å²) in [6.45, 7) is 5.90. The van der Waals surface area contributed by atoms with Gasteiger partial charge in [0.2, 0.25) is 5.91 Å². The summed E-state index contributed by atoms with van der Waals surface area (Å²) < 4.78 is 0. The molecular weight excluding hydrogens is 316 g/mol. The molecule has 1 amide bonds. The third kappa shape index (κ3) is 3.34. The van der Waals surface area contributed by atoms with E-state index in [1.807, 2.05) is 11.1 Å². The highest BCUT2D eigenvalue weighted by Crippen LogP contribution is 2.42. The minimum atomic E-state index is -0.656. The van der Waals surface area contributed by atoms with Crippen molar-refractivity contribution in [3.8, 4) is 0 Å². The van der Waals surface area contributed by atoms with Crippen LogP contribution >= 0.6 is 0 Å². The van der Waals surface area contributed by atoms with Crippen LogP contribution in [0.15, 0.2) is 6.20 Å². The molecule has 138 valence electrons. The average molecular weight is 346 g/mol. The van der Waals surface area contributed by atoms with Crippen LogP contribution in [0.3, 0.4) is 0 Å². The van der Waals surface area contributed by atoms with Gasteiger partial charge in [-0.3, -0.25) is 4.79 Å². The number of amides is 1. The lowest BCUT2D eigenvalue weighted by Gasteiger charge is -2.24. The van der Waals surface area contributed by atoms with Crippen LogP contribution in [0.2, 0.25) is 0 Å². The predicted octanol–water partition coefficient (Wildman–Crippen LogP) is 1.74. The Hall–Kier alpha value is -1.40. The summed E-state index contributed by atoms with van der Waals surface area (Å²) in [5, 5.41) is 14.6. The van der Waals surface area contributed by atoms with Crippen molar-refractivity contribution in [3.63, 3.8) is 0 Å². The number of likely N-dealkylation sites (tertiary alicyclic amines) is 1. The SMILES string of the molecule is CC(C)N[C@@H]1C[C@H](C(=O)N2CCCC2)[C@@H](O)[C@H]1c1cnc(C2CC2)[nH]1. The predicted molar refractivity (Wildman–Crippen MR) is 95.3 cm³/mol. The number of carbonyl (C=O) groups excluding carboxylic acids is 1. The van der Waals surface area contributed by atoms with E-state index in [4.69, 9.17) is 0 Å². The van der Waals surface area contributed by atoms with Crippen molar-refractivity contribution in [1.82, 2.24) is 20.2 Å². The van der Waals surface area contributed by atoms with E-state index in [2.05, 4.69) is 29.1 Å². The van der Waals surface area contributed by atoms with Crippen LogP contribution in [0.4, 0.5) is 0 Å². The lowest BCUT2D eigenvalue weighted by molar-refractivity contribution is -0.137. The second-order valence-electron chi connectivity index (χ2n) is 8.32. The van der Waals surface area contributed by atoms with Gasteiger partial charge in [0, 0.05) is 48.9 Å². The van der Waals surface area contributed by atoms with Gasteiger partial charge < -0.3 is 20.3 Å². The molecule has 0 unspecified atom stereocenters. The number of hydrogen-bond acceptors (Lipinski definition) is 4. The monoisotopic (exact) mass is 346 g/mol. The van der Waals surface area contributed by atoms with Gasteiger partial charge in [-0.2, -0.15) is 0 Å². The number of hydrogen-bond donors (Lipinski definition) is 3. The molecule has 0 spiro atoms. The van der Waals surface area contributed by atoms with Crippen molar-refractivity contribution in [1.29, 1.82) is 0 Å². The minimum absolute atomic E-state index is 0.0963. The van der Waals surface area contributed by atoms with Gasteiger partial charge in [0.05, 0.1) is 12.0 Å². The topological polar surface area (TPSA) is 81.2 Å². The lowest BCUT2D eigenvalue weighted by Crippen LogP contribution is -2.39. The van der Waals surface area contributed by atoms with E-state index < -0.39 is 6.10 Å². The first kappa shape index (κ1) is 17.0. The van der Waals surface area contributed by atoms with Crippen LogP contribution in [0.5, 0.6) is 0 Å². The molecule has 2 heterocycles. The molecule has 2 saturated carbocycles. The van der Waals surface area contributed by atoms with Crippen LogP contribution < -0.4 is 5.32 Å². The number of nitrogens with one attached hydrogen (secondary N) is 2. The van der Waals surface area contributed by atoms with E-state index in [9.17, 15) is 9.90 Å². The van der Waals surface area contributed by atoms with Crippen molar-refractivity contribution in [2.75, 3.05) is 13.1 Å². The lowest BCUT2D eigenvalue weighted by atomic mass is 9.95. The molecule has 25 heavy (non-hydrogen) atoms. The number of carbonyl (C=O) groups is 1. The molecule has 4 atom stereocenters. The molecular formula is C19H30N4O2. The number of aromatic nitrogens is 2. The van der Waals surface area contributed by atoms with Crippen molar-refractivity contribution in [2.45, 2.75) is 76.0 Å². The van der Waals surface area contributed by atoms with Crippen molar-refractivity contribution in [3.05, 3.63) is 17.7 Å². The Bertz CT molecular complexity index is 619. The molecule has 3 fully saturated rings. The zero-order chi connectivity index (χ0) is 17.6. The summed E-state index contributed by atoms with van der Waals surface area (Å²) in [7, 11) is 0. The van der Waals surface area contributed by atoms with Crippen LogP contribution in [0.1, 0.15) is 69.3 Å². The van der Waals surface area contributed by atoms with E-state index in [1.54, 1.807) is 0 Å². The second kappa shape index (κ2) is 6.72. The van der Waals surface area contributed by atoms with Crippen molar-refractivity contribution >= 4 is 5.91 Å². The standard InChI is InChI=1S/C19H30N4O2/c1-11(2)21-14-9-13(19(25)23-7-3-4-8-23)17(24)16(14)15-10-20-18(22-15)12-5-6-12/h10-14,16-17,21,24H,3-9H2,1-2H3,(H,20,22)/t13-,14+,16+,17+/m0/s1. The summed E-state index contributed by atoms with van der Waals surface area (Å²) in [5.74, 6) is 1.32. The van der Waals surface area contributed by atoms with Gasteiger partial charge in [-0.1, -0.05) is 13.8 Å². The molecule has 1 saturated heterocycles. The van der Waals surface area contributed by atoms with E-state index in [-0.39, 0.29) is 23.8 Å². The van der Waals surface area contributed by atoms with Gasteiger partial charge in [-0.25, -0.2) is 4.98 Å². The second-order valence-corrected chi connectivity index (χ2v) is 8.32. The number of nitrogens with zero attached hydrogens (tertiary/aromatic N) is 2. The minimum Gasteiger partial charge on any atom is -0.392 e. The van der Waals surface area contributed by atoms with Gasteiger partial charge in [-0.05, 0) is 32.1 Å². The molecule has 0 radical (unpaired) electrons. The largest absolute Gasteiger partial charge is 0.392 e. The van der Waals surface area contributed by atoms with E-state index in [0.29, 0.717) is 18.4 Å². The maximum absolute atomic E-state index is 12.9. The quantitative estimate of drug-likeness (QED) is 0.759. The van der Waals surface area contributed by atoms with Crippen LogP contribution in [-0.4, -0.2) is 57.2 Å². The number of aliphatic hydroxyl groups excluding tert-OH is 1. The van der Waals surface area contributed by atoms with E-state index in [1.165, 1.54) is 12.8 Å². The Kier molecular flexibility index (Phi) is 4.58. The smallest absolute Gasteiger partial charge is 0.228 e. The van der Waals surface area contributed by atoms with Gasteiger partial charge >= 0.3 is 0 Å². The van der Waals surface area contributed by atoms with Crippen molar-refractivity contribution < 1.29 is 9.90 Å². The summed E-state index contributed by atoms with van der Waals surface area (Å²) in [6, 6.07) is 0.408. The van der Waals surface area contributed by atoms with Gasteiger partial charge in [-0.15, -0.1) is 0 Å². The third-order valence-electron chi connectivity index (χ3n) is 5.94. The summed E-state index contributed by atoms with van der Waals surface area (Å²) in [4.78, 5) is 22.8. The summed E-state index contributed by atoms with van der Waals surface area (Å²) in [5.41, 5.74) is 0.976. The van der Waals surface area contributed by atoms with Crippen molar-refractivity contribution in [2.24, 2.45) is 5.92 Å². The molecule has 1 aromatic heterocycles. The van der Waals surface area contributed by atoms with Crippen LogP contribution in [-0.2, 0) is 4.79 Å². The molecule has 0 aromatic carbocycles. The summed E-state index contributed by atoms with van der Waals surface area (Å²) in [6.07, 6.45) is 6.47. The number of aliphatic hydroxyl groups is 1. The fourth-order valence-corrected chi connectivity index (χ4v) is 4.55. The molecule has 1 aromatic rings. The van der Waals surface area contributed by atoms with Crippen LogP contribution in [0, 0.1) is 5.92 Å². The van der Waals surface area contributed by atoms with Gasteiger partial charge in [0.15, 0.2) is 0 Å². The van der Waals surface area contributed by atoms with E-state index in [0.717, 1.165) is 37.4 Å². The number of imidazole rings is 1. The Morgan fingerprint density at radius 1 is 1.36 bits per heavy atom. The number of rotatable bonds is 5. The number of aromatic amines is 1. The highest BCUT2D eigenvalue weighted by molar-refractivity contribution is 5.80. The third-order valence-corrected chi connectivity index (χ3v) is 5.94. The highest BCUT2D eigenvalue weighted by Gasteiger charge is 2.48. The molecule has 0 bridgehead atoms. The molecule has 4 rings (SSSR count). The Balaban J connectivity index is 1.56. The molecule has 3 aliphatic rings. The molecule has 1 aliphatic heterocycles. The fourth-order valence-electron chi connectivity index (χ4n) is 4.55. The zero-order valence-corrected chi connectivity index (χ0v) is 15.2. The zero-order valence-electron chi connectivity index (χ0n) is 15.2. The maximum atomic E-state index is 12.9.